The number of carbonyl (C=O) groups excluding carboxylic acids is 1. The molecule has 1 unspecified atom stereocenters. The van der Waals surface area contributed by atoms with Crippen molar-refractivity contribution in [1.29, 1.82) is 0 Å². The van der Waals surface area contributed by atoms with Gasteiger partial charge in [0, 0.05) is 6.04 Å². The number of carboxylic acids is 1. The summed E-state index contributed by atoms with van der Waals surface area (Å²) in [5, 5.41) is 10.4. The van der Waals surface area contributed by atoms with Crippen LogP contribution in [0.15, 0.2) is 24.3 Å². The quantitative estimate of drug-likeness (QED) is 0.509. The molecule has 0 aliphatic carbocycles. The van der Waals surface area contributed by atoms with Crippen LogP contribution in [0.3, 0.4) is 0 Å². The van der Waals surface area contributed by atoms with E-state index in [1.165, 1.54) is 0 Å². The first-order valence-electron chi connectivity index (χ1n) is 4.23. The summed E-state index contributed by atoms with van der Waals surface area (Å²) in [6.07, 6.45) is 0.270. The number of hydrogen-bond donors (Lipinski definition) is 1. The van der Waals surface area contributed by atoms with E-state index in [1.807, 2.05) is 0 Å². The largest absolute Gasteiger partial charge is 1.00 e. The molecule has 0 fully saturated rings. The first-order chi connectivity index (χ1) is 6.63. The van der Waals surface area contributed by atoms with Gasteiger partial charge in [-0.15, -0.1) is 0 Å². The second-order valence-electron chi connectivity index (χ2n) is 2.98. The molecule has 0 aromatic heterocycles. The molecule has 4 nitrogen and oxygen atoms in total. The molecule has 1 aromatic rings. The minimum absolute atomic E-state index is 0. The third-order valence-corrected chi connectivity index (χ3v) is 1.92. The van der Waals surface area contributed by atoms with Gasteiger partial charge >= 0.3 is 18.9 Å². The van der Waals surface area contributed by atoms with Gasteiger partial charge in [0.1, 0.15) is 5.75 Å². The molecule has 76 valence electrons. The van der Waals surface area contributed by atoms with E-state index in [-0.39, 0.29) is 25.3 Å². The van der Waals surface area contributed by atoms with E-state index < -0.39 is 12.0 Å². The van der Waals surface area contributed by atoms with Crippen molar-refractivity contribution in [1.82, 2.24) is 0 Å². The van der Waals surface area contributed by atoms with Gasteiger partial charge in [0.05, 0.1) is 13.1 Å². The maximum absolute atomic E-state index is 10.4. The maximum atomic E-state index is 10.4. The van der Waals surface area contributed by atoms with Crippen LogP contribution in [-0.2, 0) is 11.2 Å². The van der Waals surface area contributed by atoms with Crippen LogP contribution in [0.25, 0.3) is 0 Å². The SMILES string of the molecule is COc1ccc(CC(N)C(=O)[O-])cc1.[Li+]. The van der Waals surface area contributed by atoms with Crippen LogP contribution in [0.5, 0.6) is 5.75 Å². The number of benzene rings is 1. The second kappa shape index (κ2) is 6.52. The average molecular weight is 201 g/mol. The van der Waals surface area contributed by atoms with E-state index in [9.17, 15) is 9.90 Å². The van der Waals surface area contributed by atoms with Crippen molar-refractivity contribution in [3.8, 4) is 5.75 Å². The summed E-state index contributed by atoms with van der Waals surface area (Å²) in [5.41, 5.74) is 6.18. The average Bonchev–Trinajstić information content (AvgIpc) is 2.19. The summed E-state index contributed by atoms with van der Waals surface area (Å²) in [5.74, 6) is -0.503. The fraction of sp³-hybridized carbons (Fsp3) is 0.300. The van der Waals surface area contributed by atoms with E-state index >= 15 is 0 Å². The Hall–Kier alpha value is -0.953. The smallest absolute Gasteiger partial charge is 0.548 e. The molecule has 5 heteroatoms. The minimum atomic E-state index is -1.24. The molecule has 0 spiro atoms. The number of methoxy groups -OCH3 is 1. The molecule has 0 bridgehead atoms. The summed E-state index contributed by atoms with van der Waals surface area (Å²) in [6.45, 7) is 0. The number of nitrogens with two attached hydrogens (primary N) is 1. The van der Waals surface area contributed by atoms with Crippen LogP contribution in [0.2, 0.25) is 0 Å². The predicted molar refractivity (Wildman–Crippen MR) is 49.7 cm³/mol. The molecule has 0 heterocycles. The van der Waals surface area contributed by atoms with E-state index in [1.54, 1.807) is 31.4 Å². The van der Waals surface area contributed by atoms with Gasteiger partial charge in [-0.3, -0.25) is 0 Å². The van der Waals surface area contributed by atoms with Gasteiger partial charge < -0.3 is 20.4 Å². The molecule has 1 aromatic carbocycles. The summed E-state index contributed by atoms with van der Waals surface area (Å²) < 4.78 is 4.96. The van der Waals surface area contributed by atoms with E-state index in [2.05, 4.69) is 0 Å². The molecular weight excluding hydrogens is 189 g/mol. The Balaban J connectivity index is 0.00000196. The molecule has 0 amide bonds. The Morgan fingerprint density at radius 3 is 2.40 bits per heavy atom. The van der Waals surface area contributed by atoms with Gasteiger partial charge in [-0.1, -0.05) is 12.1 Å². The molecule has 0 saturated carbocycles. The van der Waals surface area contributed by atoms with Crippen LogP contribution in [0, 0.1) is 0 Å². The molecule has 2 N–H and O–H groups in total. The van der Waals surface area contributed by atoms with Crippen molar-refractivity contribution < 1.29 is 33.5 Å². The normalized spacial score (nSPS) is 11.3. The molecule has 0 aliphatic rings. The fourth-order valence-corrected chi connectivity index (χ4v) is 1.10. The van der Waals surface area contributed by atoms with Crippen LogP contribution < -0.4 is 34.4 Å². The number of ether oxygens (including phenoxy) is 1. The topological polar surface area (TPSA) is 75.4 Å². The summed E-state index contributed by atoms with van der Waals surface area (Å²) >= 11 is 0. The van der Waals surface area contributed by atoms with Crippen LogP contribution in [0.1, 0.15) is 5.56 Å². The third kappa shape index (κ3) is 4.39. The Kier molecular flexibility index (Phi) is 6.10. The van der Waals surface area contributed by atoms with Crippen molar-refractivity contribution in [2.75, 3.05) is 7.11 Å². The van der Waals surface area contributed by atoms with Gasteiger partial charge in [0.2, 0.25) is 0 Å². The maximum Gasteiger partial charge on any atom is 1.00 e. The van der Waals surface area contributed by atoms with Gasteiger partial charge in [-0.05, 0) is 24.1 Å². The zero-order valence-electron chi connectivity index (χ0n) is 8.90. The Morgan fingerprint density at radius 1 is 1.47 bits per heavy atom. The standard InChI is InChI=1S/C10H13NO3.Li/c1-14-8-4-2-7(3-5-8)6-9(11)10(12)13;/h2-5,9H,6,11H2,1H3,(H,12,13);/q;+1/p-1. The number of carboxylic acid groups (broad SMARTS) is 1. The zero-order chi connectivity index (χ0) is 10.6. The Morgan fingerprint density at radius 2 is 2.00 bits per heavy atom. The Labute approximate surface area is 101 Å². The molecule has 0 radical (unpaired) electrons. The number of aliphatic carboxylic acids is 1. The van der Waals surface area contributed by atoms with Gasteiger partial charge in [-0.25, -0.2) is 0 Å². The third-order valence-electron chi connectivity index (χ3n) is 1.92. The van der Waals surface area contributed by atoms with E-state index in [4.69, 9.17) is 10.5 Å². The van der Waals surface area contributed by atoms with E-state index in [0.29, 0.717) is 0 Å². The van der Waals surface area contributed by atoms with Gasteiger partial charge in [-0.2, -0.15) is 0 Å². The van der Waals surface area contributed by atoms with Crippen LogP contribution in [0.4, 0.5) is 0 Å². The number of hydrogen-bond acceptors (Lipinski definition) is 4. The first-order valence-corrected chi connectivity index (χ1v) is 4.23. The van der Waals surface area contributed by atoms with Crippen LogP contribution >= 0.6 is 0 Å². The van der Waals surface area contributed by atoms with Gasteiger partial charge in [0.25, 0.3) is 0 Å². The summed E-state index contributed by atoms with van der Waals surface area (Å²) in [6, 6.07) is 6.13. The number of rotatable bonds is 4. The van der Waals surface area contributed by atoms with Crippen molar-refractivity contribution in [2.24, 2.45) is 5.73 Å². The Bertz CT molecular complexity index is 313. The first kappa shape index (κ1) is 14.0. The van der Waals surface area contributed by atoms with Crippen molar-refractivity contribution >= 4 is 5.97 Å². The molecular formula is C10H12LiNO3. The molecule has 1 atom stereocenters. The minimum Gasteiger partial charge on any atom is -0.548 e. The van der Waals surface area contributed by atoms with Crippen molar-refractivity contribution in [2.45, 2.75) is 12.5 Å². The second-order valence-corrected chi connectivity index (χ2v) is 2.98. The van der Waals surface area contributed by atoms with Crippen LogP contribution in [-0.4, -0.2) is 19.1 Å². The number of carbonyl (C=O) groups is 1. The zero-order valence-corrected chi connectivity index (χ0v) is 8.90. The molecule has 0 aliphatic heterocycles. The van der Waals surface area contributed by atoms with E-state index in [0.717, 1.165) is 11.3 Å². The summed E-state index contributed by atoms with van der Waals surface area (Å²) in [4.78, 5) is 10.4. The fourth-order valence-electron chi connectivity index (χ4n) is 1.10. The van der Waals surface area contributed by atoms with Crippen molar-refractivity contribution in [3.05, 3.63) is 29.8 Å². The molecule has 15 heavy (non-hydrogen) atoms. The van der Waals surface area contributed by atoms with Gasteiger partial charge in [0.15, 0.2) is 0 Å². The molecule has 0 saturated heterocycles. The van der Waals surface area contributed by atoms with Crippen molar-refractivity contribution in [3.63, 3.8) is 0 Å². The predicted octanol–water partition coefficient (Wildman–Crippen LogP) is -3.68. The monoisotopic (exact) mass is 201 g/mol. The molecule has 1 rings (SSSR count). The summed E-state index contributed by atoms with van der Waals surface area (Å²) in [7, 11) is 1.57.